The van der Waals surface area contributed by atoms with Crippen LogP contribution in [0.15, 0.2) is 24.3 Å². The summed E-state index contributed by atoms with van der Waals surface area (Å²) in [6.45, 7) is 4.68. The van der Waals surface area contributed by atoms with Crippen LogP contribution in [0.3, 0.4) is 0 Å². The second-order valence-electron chi connectivity index (χ2n) is 3.99. The van der Waals surface area contributed by atoms with Gasteiger partial charge in [0.1, 0.15) is 5.82 Å². The molecule has 0 heterocycles. The third-order valence-corrected chi connectivity index (χ3v) is 2.82. The first-order chi connectivity index (χ1) is 7.67. The fourth-order valence-electron chi connectivity index (χ4n) is 1.69. The van der Waals surface area contributed by atoms with Crippen molar-refractivity contribution in [3.63, 3.8) is 0 Å². The normalized spacial score (nSPS) is 13.1. The van der Waals surface area contributed by atoms with Crippen molar-refractivity contribution in [1.82, 2.24) is 5.32 Å². The summed E-state index contributed by atoms with van der Waals surface area (Å²) in [4.78, 5) is 0. The predicted octanol–water partition coefficient (Wildman–Crippen LogP) is 2.64. The van der Waals surface area contributed by atoms with Crippen LogP contribution in [0.5, 0.6) is 0 Å². The molecule has 1 unspecified atom stereocenters. The van der Waals surface area contributed by atoms with Gasteiger partial charge in [0.15, 0.2) is 0 Å². The van der Waals surface area contributed by atoms with Crippen LogP contribution < -0.4 is 5.32 Å². The van der Waals surface area contributed by atoms with Gasteiger partial charge in [-0.3, -0.25) is 0 Å². The molecule has 1 rings (SSSR count). The van der Waals surface area contributed by atoms with E-state index in [2.05, 4.69) is 19.2 Å². The Kier molecular flexibility index (Phi) is 5.43. The van der Waals surface area contributed by atoms with Crippen LogP contribution in [0.4, 0.5) is 4.39 Å². The first-order valence-electron chi connectivity index (χ1n) is 5.84. The number of hydrogen-bond donors (Lipinski definition) is 2. The molecule has 0 saturated carbocycles. The standard InChI is InChI=1S/C13H20FNO/c1-3-12(4-2)15-9-13(16)10-6-5-7-11(14)8-10/h5-8,12-13,15-16H,3-4,9H2,1-2H3. The van der Waals surface area contributed by atoms with Gasteiger partial charge < -0.3 is 10.4 Å². The van der Waals surface area contributed by atoms with Gasteiger partial charge >= 0.3 is 0 Å². The topological polar surface area (TPSA) is 32.3 Å². The highest BCUT2D eigenvalue weighted by molar-refractivity contribution is 5.18. The number of benzene rings is 1. The number of halogens is 1. The molecule has 2 nitrogen and oxygen atoms in total. The maximum Gasteiger partial charge on any atom is 0.123 e. The highest BCUT2D eigenvalue weighted by Gasteiger charge is 2.10. The second-order valence-corrected chi connectivity index (χ2v) is 3.99. The molecule has 0 spiro atoms. The van der Waals surface area contributed by atoms with E-state index in [-0.39, 0.29) is 5.82 Å². The Labute approximate surface area is 96.5 Å². The van der Waals surface area contributed by atoms with Crippen LogP contribution >= 0.6 is 0 Å². The van der Waals surface area contributed by atoms with Gasteiger partial charge in [0, 0.05) is 12.6 Å². The van der Waals surface area contributed by atoms with Gasteiger partial charge in [-0.1, -0.05) is 26.0 Å². The van der Waals surface area contributed by atoms with Crippen molar-refractivity contribution in [2.75, 3.05) is 6.54 Å². The molecule has 0 aromatic heterocycles. The van der Waals surface area contributed by atoms with Crippen molar-refractivity contribution < 1.29 is 9.50 Å². The van der Waals surface area contributed by atoms with Crippen molar-refractivity contribution >= 4 is 0 Å². The minimum Gasteiger partial charge on any atom is -0.387 e. The predicted molar refractivity (Wildman–Crippen MR) is 63.7 cm³/mol. The molecule has 0 bridgehead atoms. The Hall–Kier alpha value is -0.930. The van der Waals surface area contributed by atoms with Crippen LogP contribution in [-0.2, 0) is 0 Å². The summed E-state index contributed by atoms with van der Waals surface area (Å²) >= 11 is 0. The van der Waals surface area contributed by atoms with E-state index in [9.17, 15) is 9.50 Å². The Balaban J connectivity index is 2.49. The van der Waals surface area contributed by atoms with Gasteiger partial charge in [-0.25, -0.2) is 4.39 Å². The van der Waals surface area contributed by atoms with Gasteiger partial charge in [-0.15, -0.1) is 0 Å². The maximum atomic E-state index is 12.9. The summed E-state index contributed by atoms with van der Waals surface area (Å²) in [6.07, 6.45) is 1.43. The zero-order valence-electron chi connectivity index (χ0n) is 9.91. The summed E-state index contributed by atoms with van der Waals surface area (Å²) in [6, 6.07) is 6.53. The van der Waals surface area contributed by atoms with E-state index < -0.39 is 6.10 Å². The molecule has 1 aromatic rings. The van der Waals surface area contributed by atoms with E-state index in [0.717, 1.165) is 12.8 Å². The number of rotatable bonds is 6. The Morgan fingerprint density at radius 3 is 2.56 bits per heavy atom. The summed E-state index contributed by atoms with van der Waals surface area (Å²) in [5, 5.41) is 13.1. The zero-order chi connectivity index (χ0) is 12.0. The Morgan fingerprint density at radius 1 is 1.31 bits per heavy atom. The fourth-order valence-corrected chi connectivity index (χ4v) is 1.69. The lowest BCUT2D eigenvalue weighted by Gasteiger charge is -2.18. The Morgan fingerprint density at radius 2 is 2.00 bits per heavy atom. The smallest absolute Gasteiger partial charge is 0.123 e. The van der Waals surface area contributed by atoms with Gasteiger partial charge in [0.2, 0.25) is 0 Å². The molecule has 90 valence electrons. The number of aliphatic hydroxyl groups is 1. The molecule has 0 aliphatic carbocycles. The number of hydrogen-bond acceptors (Lipinski definition) is 2. The lowest BCUT2D eigenvalue weighted by atomic mass is 10.1. The number of nitrogens with one attached hydrogen (secondary N) is 1. The van der Waals surface area contributed by atoms with E-state index >= 15 is 0 Å². The van der Waals surface area contributed by atoms with E-state index in [4.69, 9.17) is 0 Å². The van der Waals surface area contributed by atoms with Crippen molar-refractivity contribution in [2.45, 2.75) is 38.8 Å². The molecule has 0 aliphatic heterocycles. The van der Waals surface area contributed by atoms with Gasteiger partial charge in [-0.05, 0) is 30.5 Å². The summed E-state index contributed by atoms with van der Waals surface area (Å²) in [5.41, 5.74) is 0.624. The average molecular weight is 225 g/mol. The lowest BCUT2D eigenvalue weighted by molar-refractivity contribution is 0.168. The molecule has 0 amide bonds. The molecule has 2 N–H and O–H groups in total. The third-order valence-electron chi connectivity index (χ3n) is 2.82. The SMILES string of the molecule is CCC(CC)NCC(O)c1cccc(F)c1. The molecule has 0 fully saturated rings. The average Bonchev–Trinajstić information content (AvgIpc) is 2.30. The summed E-state index contributed by atoms with van der Waals surface area (Å²) in [5.74, 6) is -0.306. The van der Waals surface area contributed by atoms with Crippen LogP contribution in [0.25, 0.3) is 0 Å². The minimum absolute atomic E-state index is 0.306. The van der Waals surface area contributed by atoms with Crippen LogP contribution in [0.1, 0.15) is 38.4 Å². The fraction of sp³-hybridized carbons (Fsp3) is 0.538. The van der Waals surface area contributed by atoms with Gasteiger partial charge in [0.05, 0.1) is 6.10 Å². The highest BCUT2D eigenvalue weighted by Crippen LogP contribution is 2.13. The molecule has 1 atom stereocenters. The van der Waals surface area contributed by atoms with Gasteiger partial charge in [0.25, 0.3) is 0 Å². The Bertz CT molecular complexity index is 313. The first kappa shape index (κ1) is 13.1. The van der Waals surface area contributed by atoms with Crippen molar-refractivity contribution in [3.05, 3.63) is 35.6 Å². The largest absolute Gasteiger partial charge is 0.387 e. The minimum atomic E-state index is -0.642. The van der Waals surface area contributed by atoms with E-state index in [1.807, 2.05) is 0 Å². The molecular formula is C13H20FNO. The maximum absolute atomic E-state index is 12.9. The van der Waals surface area contributed by atoms with Crippen LogP contribution in [0.2, 0.25) is 0 Å². The van der Waals surface area contributed by atoms with E-state index in [1.165, 1.54) is 12.1 Å². The van der Waals surface area contributed by atoms with E-state index in [0.29, 0.717) is 18.2 Å². The van der Waals surface area contributed by atoms with Crippen molar-refractivity contribution in [1.29, 1.82) is 0 Å². The molecule has 0 radical (unpaired) electrons. The second kappa shape index (κ2) is 6.61. The van der Waals surface area contributed by atoms with Crippen LogP contribution in [0, 0.1) is 5.82 Å². The molecule has 0 saturated heterocycles. The lowest BCUT2D eigenvalue weighted by Crippen LogP contribution is -2.31. The first-order valence-corrected chi connectivity index (χ1v) is 5.84. The molecular weight excluding hydrogens is 205 g/mol. The van der Waals surface area contributed by atoms with Crippen LogP contribution in [-0.4, -0.2) is 17.7 Å². The highest BCUT2D eigenvalue weighted by atomic mass is 19.1. The molecule has 16 heavy (non-hydrogen) atoms. The summed E-state index contributed by atoms with van der Waals surface area (Å²) in [7, 11) is 0. The third kappa shape index (κ3) is 3.91. The number of aliphatic hydroxyl groups excluding tert-OH is 1. The molecule has 0 aliphatic rings. The summed E-state index contributed by atoms with van der Waals surface area (Å²) < 4.78 is 12.9. The monoisotopic (exact) mass is 225 g/mol. The van der Waals surface area contributed by atoms with Crippen molar-refractivity contribution in [2.24, 2.45) is 0 Å². The van der Waals surface area contributed by atoms with Gasteiger partial charge in [-0.2, -0.15) is 0 Å². The molecule has 3 heteroatoms. The van der Waals surface area contributed by atoms with E-state index in [1.54, 1.807) is 12.1 Å². The quantitative estimate of drug-likeness (QED) is 0.780. The molecule has 1 aromatic carbocycles. The zero-order valence-corrected chi connectivity index (χ0v) is 9.91. The van der Waals surface area contributed by atoms with Crippen molar-refractivity contribution in [3.8, 4) is 0 Å².